The summed E-state index contributed by atoms with van der Waals surface area (Å²) in [5.74, 6) is -0.243. The van der Waals surface area contributed by atoms with Crippen LogP contribution in [-0.2, 0) is 4.79 Å². The fourth-order valence-corrected chi connectivity index (χ4v) is 1.85. The van der Waals surface area contributed by atoms with E-state index in [2.05, 4.69) is 30.8 Å². The first-order valence-electron chi connectivity index (χ1n) is 6.17. The molecule has 106 valence electrons. The molecule has 0 spiro atoms. The van der Waals surface area contributed by atoms with Crippen molar-refractivity contribution in [3.63, 3.8) is 0 Å². The molecule has 0 fully saturated rings. The highest BCUT2D eigenvalue weighted by Crippen LogP contribution is 2.08. The number of carbonyl (C=O) groups is 1. The van der Waals surface area contributed by atoms with Crippen molar-refractivity contribution >= 4 is 22.8 Å². The van der Waals surface area contributed by atoms with E-state index in [-0.39, 0.29) is 11.5 Å². The molecule has 1 atom stereocenters. The standard InChI is InChI=1S/C12H11N7O2/c1-7(10(20)15-12-13-6-14-17-12)19-11(21)8-4-2-3-5-9(8)16-18-19/h2-7H,1H3,(H2,13,14,15,17,20). The molecule has 0 aliphatic rings. The SMILES string of the molecule is CC(C(=O)Nc1ncn[nH]1)n1nnc2ccccc2c1=O. The number of amides is 1. The van der Waals surface area contributed by atoms with Gasteiger partial charge in [0.2, 0.25) is 5.95 Å². The topological polar surface area (TPSA) is 118 Å². The van der Waals surface area contributed by atoms with Gasteiger partial charge >= 0.3 is 0 Å². The quantitative estimate of drug-likeness (QED) is 0.705. The Bertz CT molecular complexity index is 840. The van der Waals surface area contributed by atoms with Crippen molar-refractivity contribution in [3.05, 3.63) is 40.9 Å². The molecule has 1 amide bonds. The number of aromatic nitrogens is 6. The van der Waals surface area contributed by atoms with Crippen LogP contribution in [0.4, 0.5) is 5.95 Å². The number of benzene rings is 1. The van der Waals surface area contributed by atoms with E-state index in [0.717, 1.165) is 4.68 Å². The number of aromatic amines is 1. The molecule has 0 radical (unpaired) electrons. The van der Waals surface area contributed by atoms with E-state index in [1.165, 1.54) is 6.33 Å². The van der Waals surface area contributed by atoms with Crippen molar-refractivity contribution in [2.45, 2.75) is 13.0 Å². The lowest BCUT2D eigenvalue weighted by Gasteiger charge is -2.12. The summed E-state index contributed by atoms with van der Waals surface area (Å²) >= 11 is 0. The van der Waals surface area contributed by atoms with Crippen LogP contribution < -0.4 is 10.9 Å². The number of nitrogens with zero attached hydrogens (tertiary/aromatic N) is 5. The molecule has 1 aromatic carbocycles. The molecule has 1 unspecified atom stereocenters. The van der Waals surface area contributed by atoms with Gasteiger partial charge in [-0.3, -0.25) is 14.9 Å². The third-order valence-electron chi connectivity index (χ3n) is 2.99. The fourth-order valence-electron chi connectivity index (χ4n) is 1.85. The Morgan fingerprint density at radius 3 is 2.95 bits per heavy atom. The van der Waals surface area contributed by atoms with Gasteiger partial charge in [-0.1, -0.05) is 17.3 Å². The second-order valence-electron chi connectivity index (χ2n) is 4.36. The smallest absolute Gasteiger partial charge is 0.278 e. The van der Waals surface area contributed by atoms with Crippen LogP contribution in [0.5, 0.6) is 0 Å². The second-order valence-corrected chi connectivity index (χ2v) is 4.36. The summed E-state index contributed by atoms with van der Waals surface area (Å²) in [6.45, 7) is 1.55. The highest BCUT2D eigenvalue weighted by molar-refractivity contribution is 5.91. The van der Waals surface area contributed by atoms with Gasteiger partial charge in [0.05, 0.1) is 5.39 Å². The van der Waals surface area contributed by atoms with Crippen LogP contribution in [0.2, 0.25) is 0 Å². The van der Waals surface area contributed by atoms with Gasteiger partial charge in [-0.25, -0.2) is 5.10 Å². The van der Waals surface area contributed by atoms with E-state index in [4.69, 9.17) is 0 Å². The van der Waals surface area contributed by atoms with E-state index in [9.17, 15) is 9.59 Å². The molecule has 0 saturated carbocycles. The summed E-state index contributed by atoms with van der Waals surface area (Å²) in [7, 11) is 0. The average molecular weight is 285 g/mol. The Labute approximate surface area is 118 Å². The molecule has 3 aromatic rings. The van der Waals surface area contributed by atoms with E-state index in [1.54, 1.807) is 31.2 Å². The number of fused-ring (bicyclic) bond motifs is 1. The van der Waals surface area contributed by atoms with Gasteiger partial charge in [-0.2, -0.15) is 14.8 Å². The van der Waals surface area contributed by atoms with Gasteiger partial charge < -0.3 is 0 Å². The van der Waals surface area contributed by atoms with Gasteiger partial charge in [-0.05, 0) is 19.1 Å². The Morgan fingerprint density at radius 1 is 1.38 bits per heavy atom. The van der Waals surface area contributed by atoms with Crippen LogP contribution in [0.1, 0.15) is 13.0 Å². The first-order chi connectivity index (χ1) is 10.2. The summed E-state index contributed by atoms with van der Waals surface area (Å²) in [5, 5.41) is 16.8. The first kappa shape index (κ1) is 12.9. The van der Waals surface area contributed by atoms with E-state index in [0.29, 0.717) is 10.9 Å². The van der Waals surface area contributed by atoms with Crippen LogP contribution >= 0.6 is 0 Å². The summed E-state index contributed by atoms with van der Waals surface area (Å²) < 4.78 is 1.04. The molecule has 3 rings (SSSR count). The van der Waals surface area contributed by atoms with Gasteiger partial charge in [0.1, 0.15) is 17.9 Å². The first-order valence-corrected chi connectivity index (χ1v) is 6.17. The maximum Gasteiger partial charge on any atom is 0.278 e. The molecule has 9 heteroatoms. The van der Waals surface area contributed by atoms with Crippen LogP contribution in [0.15, 0.2) is 35.4 Å². The van der Waals surface area contributed by atoms with Crippen molar-refractivity contribution in [1.29, 1.82) is 0 Å². The molecule has 2 N–H and O–H groups in total. The highest BCUT2D eigenvalue weighted by atomic mass is 16.2. The lowest BCUT2D eigenvalue weighted by molar-refractivity contribution is -0.119. The summed E-state index contributed by atoms with van der Waals surface area (Å²) in [4.78, 5) is 28.2. The molecule has 0 bridgehead atoms. The van der Waals surface area contributed by atoms with Crippen LogP contribution in [0, 0.1) is 0 Å². The molecule has 2 aromatic heterocycles. The zero-order valence-corrected chi connectivity index (χ0v) is 11.0. The van der Waals surface area contributed by atoms with Crippen molar-refractivity contribution in [2.75, 3.05) is 5.32 Å². The highest BCUT2D eigenvalue weighted by Gasteiger charge is 2.19. The molecular formula is C12H11N7O2. The van der Waals surface area contributed by atoms with Crippen LogP contribution in [-0.4, -0.2) is 36.1 Å². The maximum atomic E-state index is 12.3. The van der Waals surface area contributed by atoms with Gasteiger partial charge in [0.25, 0.3) is 11.5 Å². The third-order valence-corrected chi connectivity index (χ3v) is 2.99. The number of carbonyl (C=O) groups excluding carboxylic acids is 1. The van der Waals surface area contributed by atoms with Gasteiger partial charge in [0, 0.05) is 0 Å². The monoisotopic (exact) mass is 285 g/mol. The predicted octanol–water partition coefficient (Wildman–Crippen LogP) is 0.109. The van der Waals surface area contributed by atoms with Crippen molar-refractivity contribution in [2.24, 2.45) is 0 Å². The Kier molecular flexibility index (Phi) is 3.14. The minimum absolute atomic E-state index is 0.202. The molecule has 0 saturated heterocycles. The summed E-state index contributed by atoms with van der Waals surface area (Å²) in [6.07, 6.45) is 1.27. The summed E-state index contributed by atoms with van der Waals surface area (Å²) in [6, 6.07) is 5.99. The Balaban J connectivity index is 1.94. The molecule has 0 aliphatic heterocycles. The zero-order chi connectivity index (χ0) is 14.8. The van der Waals surface area contributed by atoms with Crippen LogP contribution in [0.3, 0.4) is 0 Å². The van der Waals surface area contributed by atoms with E-state index in [1.807, 2.05) is 0 Å². The third kappa shape index (κ3) is 2.36. The molecule has 2 heterocycles. The van der Waals surface area contributed by atoms with Crippen LogP contribution in [0.25, 0.3) is 10.9 Å². The fraction of sp³-hybridized carbons (Fsp3) is 0.167. The zero-order valence-electron chi connectivity index (χ0n) is 11.0. The van der Waals surface area contributed by atoms with Crippen molar-refractivity contribution in [3.8, 4) is 0 Å². The normalized spacial score (nSPS) is 12.2. The number of hydrogen-bond acceptors (Lipinski definition) is 6. The number of nitrogens with one attached hydrogen (secondary N) is 2. The van der Waals surface area contributed by atoms with E-state index >= 15 is 0 Å². The minimum atomic E-state index is -0.834. The van der Waals surface area contributed by atoms with Gasteiger partial charge in [0.15, 0.2) is 0 Å². The lowest BCUT2D eigenvalue weighted by atomic mass is 10.2. The lowest BCUT2D eigenvalue weighted by Crippen LogP contribution is -2.34. The summed E-state index contributed by atoms with van der Waals surface area (Å²) in [5.41, 5.74) is 0.113. The van der Waals surface area contributed by atoms with Crippen molar-refractivity contribution < 1.29 is 4.79 Å². The minimum Gasteiger partial charge on any atom is -0.293 e. The molecular weight excluding hydrogens is 274 g/mol. The molecule has 0 aliphatic carbocycles. The maximum absolute atomic E-state index is 12.3. The largest absolute Gasteiger partial charge is 0.293 e. The Morgan fingerprint density at radius 2 is 2.19 bits per heavy atom. The number of rotatable bonds is 3. The predicted molar refractivity (Wildman–Crippen MR) is 73.5 cm³/mol. The number of hydrogen-bond donors (Lipinski definition) is 2. The second kappa shape index (κ2) is 5.12. The number of H-pyrrole nitrogens is 1. The average Bonchev–Trinajstić information content (AvgIpc) is 3.00. The van der Waals surface area contributed by atoms with E-state index < -0.39 is 11.9 Å². The van der Waals surface area contributed by atoms with Crippen molar-refractivity contribution in [1.82, 2.24) is 30.2 Å². The number of anilines is 1. The Hall–Kier alpha value is -3.10. The molecule has 9 nitrogen and oxygen atoms in total. The molecule has 21 heavy (non-hydrogen) atoms. The van der Waals surface area contributed by atoms with Gasteiger partial charge in [-0.15, -0.1) is 5.10 Å².